The second-order valence-corrected chi connectivity index (χ2v) is 4.58. The lowest BCUT2D eigenvalue weighted by Crippen LogP contribution is -2.27. The molecule has 2 amide bonds. The first-order valence-electron chi connectivity index (χ1n) is 6.98. The fourth-order valence-electron chi connectivity index (χ4n) is 1.66. The van der Waals surface area contributed by atoms with Crippen molar-refractivity contribution in [1.82, 2.24) is 10.9 Å². The van der Waals surface area contributed by atoms with E-state index in [1.54, 1.807) is 0 Å². The highest BCUT2D eigenvalue weighted by Gasteiger charge is 2.07. The van der Waals surface area contributed by atoms with Crippen LogP contribution in [0.5, 0.6) is 0 Å². The summed E-state index contributed by atoms with van der Waals surface area (Å²) < 4.78 is 0. The van der Waals surface area contributed by atoms with Gasteiger partial charge >= 0.3 is 0 Å². The quantitative estimate of drug-likeness (QED) is 0.483. The van der Waals surface area contributed by atoms with E-state index in [0.717, 1.165) is 11.1 Å². The molecule has 0 spiro atoms. The second kappa shape index (κ2) is 8.89. The molecule has 116 valence electrons. The average molecular weight is 308 g/mol. The van der Waals surface area contributed by atoms with Gasteiger partial charge in [0.2, 0.25) is 11.8 Å². The predicted octanol–water partition coefficient (Wildman–Crippen LogP) is 1.68. The van der Waals surface area contributed by atoms with Crippen LogP contribution in [0.25, 0.3) is 0 Å². The standard InChI is InChI=1S/C17H16N4O2/c22-16(20-18-12-14-7-3-1-4-8-14)11-17(23)21-19-13-15-9-5-2-6-10-15/h1-10,12-13H,11H2,(H,20,22)(H,21,23). The van der Waals surface area contributed by atoms with Gasteiger partial charge in [-0.1, -0.05) is 60.7 Å². The van der Waals surface area contributed by atoms with Crippen LogP contribution in [0.1, 0.15) is 17.5 Å². The maximum atomic E-state index is 11.5. The number of hydrazone groups is 2. The molecule has 6 heteroatoms. The Hall–Kier alpha value is -3.28. The van der Waals surface area contributed by atoms with Crippen LogP contribution in [0.2, 0.25) is 0 Å². The number of rotatable bonds is 6. The Morgan fingerprint density at radius 1 is 0.739 bits per heavy atom. The first kappa shape index (κ1) is 16.1. The Labute approximate surface area is 133 Å². The molecule has 2 aromatic carbocycles. The normalized spacial score (nSPS) is 10.8. The molecular weight excluding hydrogens is 292 g/mol. The lowest BCUT2D eigenvalue weighted by atomic mass is 10.2. The van der Waals surface area contributed by atoms with Crippen LogP contribution < -0.4 is 10.9 Å². The summed E-state index contributed by atoms with van der Waals surface area (Å²) in [4.78, 5) is 23.1. The molecule has 6 nitrogen and oxygen atoms in total. The third-order valence-electron chi connectivity index (χ3n) is 2.73. The van der Waals surface area contributed by atoms with Gasteiger partial charge in [-0.3, -0.25) is 9.59 Å². The molecule has 0 aliphatic carbocycles. The van der Waals surface area contributed by atoms with Crippen LogP contribution in [0, 0.1) is 0 Å². The lowest BCUT2D eigenvalue weighted by molar-refractivity contribution is -0.129. The number of benzene rings is 2. The van der Waals surface area contributed by atoms with Gasteiger partial charge in [0.25, 0.3) is 0 Å². The highest BCUT2D eigenvalue weighted by molar-refractivity contribution is 5.97. The minimum absolute atomic E-state index is 0.349. The van der Waals surface area contributed by atoms with E-state index in [1.807, 2.05) is 60.7 Å². The summed E-state index contributed by atoms with van der Waals surface area (Å²) in [7, 11) is 0. The molecule has 0 aromatic heterocycles. The van der Waals surface area contributed by atoms with Crippen molar-refractivity contribution in [3.63, 3.8) is 0 Å². The van der Waals surface area contributed by atoms with Gasteiger partial charge in [-0.2, -0.15) is 10.2 Å². The van der Waals surface area contributed by atoms with E-state index in [9.17, 15) is 9.59 Å². The van der Waals surface area contributed by atoms with Crippen molar-refractivity contribution in [2.45, 2.75) is 6.42 Å². The van der Waals surface area contributed by atoms with Gasteiger partial charge in [-0.05, 0) is 11.1 Å². The number of carbonyl (C=O) groups is 2. The molecule has 0 unspecified atom stereocenters. The second-order valence-electron chi connectivity index (χ2n) is 4.58. The number of nitrogens with zero attached hydrogens (tertiary/aromatic N) is 2. The molecule has 0 saturated heterocycles. The minimum atomic E-state index is -0.510. The number of nitrogens with one attached hydrogen (secondary N) is 2. The van der Waals surface area contributed by atoms with Crippen molar-refractivity contribution in [1.29, 1.82) is 0 Å². The molecule has 0 aliphatic heterocycles. The van der Waals surface area contributed by atoms with Crippen LogP contribution in [-0.2, 0) is 9.59 Å². The summed E-state index contributed by atoms with van der Waals surface area (Å²) in [6.07, 6.45) is 2.66. The van der Waals surface area contributed by atoms with Gasteiger partial charge < -0.3 is 0 Å². The van der Waals surface area contributed by atoms with Gasteiger partial charge in [0, 0.05) is 0 Å². The summed E-state index contributed by atoms with van der Waals surface area (Å²) in [5.74, 6) is -1.02. The highest BCUT2D eigenvalue weighted by atomic mass is 16.2. The SMILES string of the molecule is O=C(CC(=O)NN=Cc1ccccc1)NN=Cc1ccccc1. The summed E-state index contributed by atoms with van der Waals surface area (Å²) in [6.45, 7) is 0. The first-order valence-corrected chi connectivity index (χ1v) is 6.98. The van der Waals surface area contributed by atoms with Crippen molar-refractivity contribution in [2.24, 2.45) is 10.2 Å². The fourth-order valence-corrected chi connectivity index (χ4v) is 1.66. The van der Waals surface area contributed by atoms with E-state index >= 15 is 0 Å². The average Bonchev–Trinajstić information content (AvgIpc) is 2.57. The Balaban J connectivity index is 1.71. The van der Waals surface area contributed by atoms with E-state index in [0.29, 0.717) is 0 Å². The van der Waals surface area contributed by atoms with Crippen LogP contribution in [0.3, 0.4) is 0 Å². The van der Waals surface area contributed by atoms with Gasteiger partial charge in [0.15, 0.2) is 0 Å². The van der Waals surface area contributed by atoms with Crippen molar-refractivity contribution < 1.29 is 9.59 Å². The predicted molar refractivity (Wildman–Crippen MR) is 89.0 cm³/mol. The Morgan fingerprint density at radius 3 is 1.52 bits per heavy atom. The van der Waals surface area contributed by atoms with Crippen LogP contribution in [0.15, 0.2) is 70.9 Å². The first-order chi connectivity index (χ1) is 11.2. The van der Waals surface area contributed by atoms with Crippen LogP contribution >= 0.6 is 0 Å². The molecule has 0 saturated carbocycles. The molecule has 0 atom stereocenters. The molecule has 0 heterocycles. The molecule has 2 aromatic rings. The summed E-state index contributed by atoms with van der Waals surface area (Å²) >= 11 is 0. The zero-order valence-corrected chi connectivity index (χ0v) is 12.3. The fraction of sp³-hybridized carbons (Fsp3) is 0.0588. The number of carbonyl (C=O) groups excluding carboxylic acids is 2. The van der Waals surface area contributed by atoms with Crippen molar-refractivity contribution >= 4 is 24.2 Å². The van der Waals surface area contributed by atoms with E-state index in [1.165, 1.54) is 12.4 Å². The number of hydrogen-bond acceptors (Lipinski definition) is 4. The Kier molecular flexibility index (Phi) is 6.22. The van der Waals surface area contributed by atoms with E-state index in [2.05, 4.69) is 21.1 Å². The van der Waals surface area contributed by atoms with Gasteiger partial charge in [-0.15, -0.1) is 0 Å². The number of amides is 2. The van der Waals surface area contributed by atoms with Gasteiger partial charge in [0.05, 0.1) is 12.4 Å². The van der Waals surface area contributed by atoms with E-state index in [-0.39, 0.29) is 6.42 Å². The number of hydrogen-bond donors (Lipinski definition) is 2. The van der Waals surface area contributed by atoms with E-state index < -0.39 is 11.8 Å². The molecule has 23 heavy (non-hydrogen) atoms. The smallest absolute Gasteiger partial charge is 0.249 e. The topological polar surface area (TPSA) is 82.9 Å². The molecule has 0 fully saturated rings. The molecule has 2 N–H and O–H groups in total. The van der Waals surface area contributed by atoms with Gasteiger partial charge in [-0.25, -0.2) is 10.9 Å². The molecular formula is C17H16N4O2. The monoisotopic (exact) mass is 308 g/mol. The minimum Gasteiger partial charge on any atom is -0.273 e. The van der Waals surface area contributed by atoms with Crippen LogP contribution in [-0.4, -0.2) is 24.2 Å². The highest BCUT2D eigenvalue weighted by Crippen LogP contribution is 1.94. The zero-order chi connectivity index (χ0) is 16.3. The molecule has 2 rings (SSSR count). The summed E-state index contributed by atoms with van der Waals surface area (Å²) in [6, 6.07) is 18.6. The summed E-state index contributed by atoms with van der Waals surface area (Å²) in [5, 5.41) is 7.56. The third-order valence-corrected chi connectivity index (χ3v) is 2.73. The maximum Gasteiger partial charge on any atom is 0.249 e. The third kappa shape index (κ3) is 6.34. The molecule has 0 bridgehead atoms. The lowest BCUT2D eigenvalue weighted by Gasteiger charge is -1.99. The van der Waals surface area contributed by atoms with Crippen molar-refractivity contribution in [3.05, 3.63) is 71.8 Å². The largest absolute Gasteiger partial charge is 0.273 e. The zero-order valence-electron chi connectivity index (χ0n) is 12.3. The molecule has 0 aliphatic rings. The molecule has 0 radical (unpaired) electrons. The van der Waals surface area contributed by atoms with E-state index in [4.69, 9.17) is 0 Å². The Morgan fingerprint density at radius 2 is 1.13 bits per heavy atom. The van der Waals surface area contributed by atoms with Crippen molar-refractivity contribution in [2.75, 3.05) is 0 Å². The Bertz CT molecular complexity index is 636. The van der Waals surface area contributed by atoms with Gasteiger partial charge in [0.1, 0.15) is 6.42 Å². The maximum absolute atomic E-state index is 11.5. The van der Waals surface area contributed by atoms with Crippen molar-refractivity contribution in [3.8, 4) is 0 Å². The summed E-state index contributed by atoms with van der Waals surface area (Å²) in [5.41, 5.74) is 6.28. The van der Waals surface area contributed by atoms with Crippen LogP contribution in [0.4, 0.5) is 0 Å².